The molecular weight excluding hydrogens is 170 g/mol. The maximum absolute atomic E-state index is 11.3. The fourth-order valence-corrected chi connectivity index (χ4v) is 1.35. The summed E-state index contributed by atoms with van der Waals surface area (Å²) >= 11 is 0. The van der Waals surface area contributed by atoms with Crippen molar-refractivity contribution in [3.05, 3.63) is 12.7 Å². The number of ether oxygens (including phenoxy) is 1. The molecule has 1 N–H and O–H groups in total. The van der Waals surface area contributed by atoms with Crippen molar-refractivity contribution in [2.75, 3.05) is 19.8 Å². The number of rotatable bonds is 2. The van der Waals surface area contributed by atoms with Crippen LogP contribution in [0, 0.1) is 0 Å². The smallest absolute Gasteiger partial charge is 0.246 e. The second kappa shape index (κ2) is 4.39. The summed E-state index contributed by atoms with van der Waals surface area (Å²) in [6.07, 6.45) is 1.04. The number of carbonyl (C=O) groups excluding carboxylic acids is 1. The lowest BCUT2D eigenvalue weighted by molar-refractivity contribution is -0.140. The summed E-state index contributed by atoms with van der Waals surface area (Å²) in [5, 5.41) is 8.86. The number of aliphatic hydroxyl groups is 1. The highest BCUT2D eigenvalue weighted by Gasteiger charge is 2.27. The van der Waals surface area contributed by atoms with Gasteiger partial charge in [-0.05, 0) is 13.0 Å². The number of hydrogen-bond acceptors (Lipinski definition) is 3. The lowest BCUT2D eigenvalue weighted by Crippen LogP contribution is -2.51. The van der Waals surface area contributed by atoms with E-state index < -0.39 is 0 Å². The normalized spacial score (nSPS) is 28.6. The van der Waals surface area contributed by atoms with E-state index in [1.165, 1.54) is 6.08 Å². The molecule has 2 atom stereocenters. The number of nitrogens with zero attached hydrogens (tertiary/aromatic N) is 1. The van der Waals surface area contributed by atoms with Gasteiger partial charge in [0.15, 0.2) is 0 Å². The van der Waals surface area contributed by atoms with Crippen LogP contribution in [0.3, 0.4) is 0 Å². The van der Waals surface area contributed by atoms with Crippen LogP contribution in [0.1, 0.15) is 6.92 Å². The van der Waals surface area contributed by atoms with E-state index in [4.69, 9.17) is 9.84 Å². The Bertz CT molecular complexity index is 205. The zero-order chi connectivity index (χ0) is 9.84. The summed E-state index contributed by atoms with van der Waals surface area (Å²) in [5.41, 5.74) is 0. The van der Waals surface area contributed by atoms with Gasteiger partial charge in [0.2, 0.25) is 5.91 Å². The molecule has 0 spiro atoms. The van der Waals surface area contributed by atoms with Crippen molar-refractivity contribution in [1.29, 1.82) is 0 Å². The Labute approximate surface area is 77.8 Å². The standard InChI is InChI=1S/C9H15NO3/c1-3-9(12)10-4-8(5-11)13-6-7(10)2/h3,7-8,11H,1,4-6H2,2H3. The van der Waals surface area contributed by atoms with E-state index in [-0.39, 0.29) is 24.7 Å². The SMILES string of the molecule is C=CC(=O)N1CC(CO)OCC1C. The van der Waals surface area contributed by atoms with Crippen LogP contribution in [0.5, 0.6) is 0 Å². The maximum Gasteiger partial charge on any atom is 0.246 e. The molecule has 0 radical (unpaired) electrons. The molecule has 0 aliphatic carbocycles. The number of hydrogen-bond donors (Lipinski definition) is 1. The third-order valence-electron chi connectivity index (χ3n) is 2.17. The first-order valence-electron chi connectivity index (χ1n) is 4.34. The first-order valence-corrected chi connectivity index (χ1v) is 4.34. The lowest BCUT2D eigenvalue weighted by Gasteiger charge is -2.36. The molecule has 74 valence electrons. The Morgan fingerprint density at radius 2 is 2.54 bits per heavy atom. The molecule has 0 bridgehead atoms. The van der Waals surface area contributed by atoms with E-state index in [0.717, 1.165) is 0 Å². The van der Waals surface area contributed by atoms with Crippen LogP contribution >= 0.6 is 0 Å². The summed E-state index contributed by atoms with van der Waals surface area (Å²) in [7, 11) is 0. The van der Waals surface area contributed by atoms with E-state index in [1.807, 2.05) is 6.92 Å². The van der Waals surface area contributed by atoms with Gasteiger partial charge in [0, 0.05) is 6.54 Å². The van der Waals surface area contributed by atoms with Crippen molar-refractivity contribution in [1.82, 2.24) is 4.90 Å². The average Bonchev–Trinajstić information content (AvgIpc) is 2.17. The quantitative estimate of drug-likeness (QED) is 0.605. The number of amides is 1. The zero-order valence-corrected chi connectivity index (χ0v) is 7.77. The van der Waals surface area contributed by atoms with Crippen molar-refractivity contribution >= 4 is 5.91 Å². The molecule has 1 rings (SSSR count). The molecule has 1 saturated heterocycles. The van der Waals surface area contributed by atoms with Gasteiger partial charge in [-0.1, -0.05) is 6.58 Å². The minimum atomic E-state index is -0.250. The third kappa shape index (κ3) is 2.29. The van der Waals surface area contributed by atoms with Crippen molar-refractivity contribution in [3.63, 3.8) is 0 Å². The van der Waals surface area contributed by atoms with Gasteiger partial charge in [-0.2, -0.15) is 0 Å². The van der Waals surface area contributed by atoms with E-state index in [2.05, 4.69) is 6.58 Å². The second-order valence-electron chi connectivity index (χ2n) is 3.18. The number of morpholine rings is 1. The summed E-state index contributed by atoms with van der Waals surface area (Å²) in [6, 6.07) is 0.0632. The number of carbonyl (C=O) groups is 1. The summed E-state index contributed by atoms with van der Waals surface area (Å²) < 4.78 is 5.29. The molecule has 0 saturated carbocycles. The van der Waals surface area contributed by atoms with Gasteiger partial charge in [0.25, 0.3) is 0 Å². The van der Waals surface area contributed by atoms with Crippen molar-refractivity contribution in [2.45, 2.75) is 19.1 Å². The maximum atomic E-state index is 11.3. The van der Waals surface area contributed by atoms with E-state index in [1.54, 1.807) is 4.90 Å². The van der Waals surface area contributed by atoms with Crippen LogP contribution in [0.25, 0.3) is 0 Å². The molecule has 1 fully saturated rings. The molecule has 2 unspecified atom stereocenters. The fraction of sp³-hybridized carbons (Fsp3) is 0.667. The first-order chi connectivity index (χ1) is 6.19. The molecular formula is C9H15NO3. The third-order valence-corrected chi connectivity index (χ3v) is 2.17. The van der Waals surface area contributed by atoms with Crippen LogP contribution < -0.4 is 0 Å². The predicted octanol–water partition coefficient (Wildman–Crippen LogP) is -0.219. The molecule has 4 heteroatoms. The average molecular weight is 185 g/mol. The molecule has 1 heterocycles. The van der Waals surface area contributed by atoms with Crippen LogP contribution in [0.4, 0.5) is 0 Å². The van der Waals surface area contributed by atoms with E-state index in [0.29, 0.717) is 13.2 Å². The second-order valence-corrected chi connectivity index (χ2v) is 3.18. The first kappa shape index (κ1) is 10.2. The minimum absolute atomic E-state index is 0.0480. The predicted molar refractivity (Wildman–Crippen MR) is 48.2 cm³/mol. The highest BCUT2D eigenvalue weighted by molar-refractivity contribution is 5.87. The summed E-state index contributed by atoms with van der Waals surface area (Å²) in [5.74, 6) is -0.103. The fourth-order valence-electron chi connectivity index (χ4n) is 1.35. The topological polar surface area (TPSA) is 49.8 Å². The monoisotopic (exact) mass is 185 g/mol. The molecule has 13 heavy (non-hydrogen) atoms. The molecule has 4 nitrogen and oxygen atoms in total. The molecule has 0 aromatic carbocycles. The molecule has 1 amide bonds. The van der Waals surface area contributed by atoms with Crippen molar-refractivity contribution < 1.29 is 14.6 Å². The van der Waals surface area contributed by atoms with Gasteiger partial charge in [-0.25, -0.2) is 0 Å². The van der Waals surface area contributed by atoms with Gasteiger partial charge in [0.05, 0.1) is 25.4 Å². The Kier molecular flexibility index (Phi) is 3.45. The van der Waals surface area contributed by atoms with Crippen molar-refractivity contribution in [2.24, 2.45) is 0 Å². The van der Waals surface area contributed by atoms with Crippen LogP contribution in [0.2, 0.25) is 0 Å². The van der Waals surface area contributed by atoms with Crippen LogP contribution in [-0.4, -0.2) is 47.8 Å². The van der Waals surface area contributed by atoms with E-state index in [9.17, 15) is 4.79 Å². The van der Waals surface area contributed by atoms with Gasteiger partial charge in [0.1, 0.15) is 0 Å². The molecule has 0 aromatic heterocycles. The Hall–Kier alpha value is -0.870. The van der Waals surface area contributed by atoms with Crippen molar-refractivity contribution in [3.8, 4) is 0 Å². The minimum Gasteiger partial charge on any atom is -0.394 e. The molecule has 0 aromatic rings. The van der Waals surface area contributed by atoms with Gasteiger partial charge in [-0.15, -0.1) is 0 Å². The van der Waals surface area contributed by atoms with Crippen LogP contribution in [0.15, 0.2) is 12.7 Å². The summed E-state index contributed by atoms with van der Waals surface area (Å²) in [6.45, 7) is 6.21. The van der Waals surface area contributed by atoms with Crippen LogP contribution in [-0.2, 0) is 9.53 Å². The lowest BCUT2D eigenvalue weighted by atomic mass is 10.2. The number of aliphatic hydroxyl groups excluding tert-OH is 1. The van der Waals surface area contributed by atoms with Gasteiger partial charge in [-0.3, -0.25) is 4.79 Å². The van der Waals surface area contributed by atoms with Gasteiger partial charge >= 0.3 is 0 Å². The molecule has 1 aliphatic rings. The Balaban J connectivity index is 2.59. The van der Waals surface area contributed by atoms with E-state index >= 15 is 0 Å². The molecule has 1 aliphatic heterocycles. The zero-order valence-electron chi connectivity index (χ0n) is 7.77. The summed E-state index contributed by atoms with van der Waals surface area (Å²) in [4.78, 5) is 13.0. The van der Waals surface area contributed by atoms with Gasteiger partial charge < -0.3 is 14.7 Å². The largest absolute Gasteiger partial charge is 0.394 e. The highest BCUT2D eigenvalue weighted by Crippen LogP contribution is 2.11. The Morgan fingerprint density at radius 1 is 1.85 bits per heavy atom. The highest BCUT2D eigenvalue weighted by atomic mass is 16.5. The Morgan fingerprint density at radius 3 is 3.08 bits per heavy atom.